The van der Waals surface area contributed by atoms with Gasteiger partial charge in [-0.2, -0.15) is 0 Å². The Bertz CT molecular complexity index is 175. The van der Waals surface area contributed by atoms with E-state index in [1.165, 1.54) is 6.92 Å². The van der Waals surface area contributed by atoms with Crippen LogP contribution in [0.4, 0.5) is 0 Å². The van der Waals surface area contributed by atoms with E-state index in [9.17, 15) is 4.79 Å². The highest BCUT2D eigenvalue weighted by molar-refractivity contribution is 5.65. The molecule has 0 aliphatic carbocycles. The van der Waals surface area contributed by atoms with Crippen LogP contribution in [0.25, 0.3) is 0 Å². The van der Waals surface area contributed by atoms with Crippen LogP contribution < -0.4 is 0 Å². The van der Waals surface area contributed by atoms with Gasteiger partial charge < -0.3 is 18.9 Å². The van der Waals surface area contributed by atoms with E-state index in [1.807, 2.05) is 0 Å². The smallest absolute Gasteiger partial charge is 0.302 e. The summed E-state index contributed by atoms with van der Waals surface area (Å²) in [6.45, 7) is 4.27. The number of hydrogen-bond acceptors (Lipinski definition) is 7. The van der Waals surface area contributed by atoms with Crippen molar-refractivity contribution in [1.29, 1.82) is 0 Å². The quantitative estimate of drug-likeness (QED) is 0.242. The molecular weight excluding hydrogens is 244 g/mol. The summed E-state index contributed by atoms with van der Waals surface area (Å²) < 4.78 is 20.0. The first-order valence-electron chi connectivity index (χ1n) is 5.40. The van der Waals surface area contributed by atoms with Crippen molar-refractivity contribution in [3.63, 3.8) is 0 Å². The van der Waals surface area contributed by atoms with Gasteiger partial charge in [-0.15, -0.1) is 0 Å². The van der Waals surface area contributed by atoms with Gasteiger partial charge in [0.05, 0.1) is 39.6 Å². The Morgan fingerprint density at radius 3 is 1.61 bits per heavy atom. The topological polar surface area (TPSA) is 83.5 Å². The van der Waals surface area contributed by atoms with E-state index in [4.69, 9.17) is 19.5 Å². The molecule has 0 unspecified atom stereocenters. The van der Waals surface area contributed by atoms with Gasteiger partial charge in [-0.25, -0.2) is 4.89 Å². The maximum atomic E-state index is 10.4. The van der Waals surface area contributed by atoms with E-state index < -0.39 is 0 Å². The van der Waals surface area contributed by atoms with Crippen LogP contribution in [-0.2, 0) is 28.6 Å². The zero-order valence-corrected chi connectivity index (χ0v) is 10.1. The van der Waals surface area contributed by atoms with Gasteiger partial charge in [-0.1, -0.05) is 7.43 Å². The fraction of sp³-hybridized carbons (Fsp3) is 0.909. The molecule has 0 heterocycles. The van der Waals surface area contributed by atoms with Crippen LogP contribution >= 0.6 is 0 Å². The lowest BCUT2D eigenvalue weighted by molar-refractivity contribution is -0.249. The highest BCUT2D eigenvalue weighted by atomic mass is 17.1. The molecular formula is C11H24O7. The fourth-order valence-corrected chi connectivity index (χ4v) is 0.882. The van der Waals surface area contributed by atoms with Gasteiger partial charge in [0.2, 0.25) is 0 Å². The van der Waals surface area contributed by atoms with Gasteiger partial charge in [0, 0.05) is 6.92 Å². The molecule has 0 atom stereocenters. The van der Waals surface area contributed by atoms with Crippen molar-refractivity contribution < 1.29 is 33.9 Å². The van der Waals surface area contributed by atoms with Crippen molar-refractivity contribution in [2.24, 2.45) is 0 Å². The Balaban J connectivity index is 0. The first-order valence-corrected chi connectivity index (χ1v) is 5.40. The summed E-state index contributed by atoms with van der Waals surface area (Å²) in [4.78, 5) is 14.2. The molecule has 110 valence electrons. The van der Waals surface area contributed by atoms with Gasteiger partial charge in [0.1, 0.15) is 13.2 Å². The Kier molecular flexibility index (Phi) is 17.7. The summed E-state index contributed by atoms with van der Waals surface area (Å²) in [6.07, 6.45) is 0. The maximum Gasteiger partial charge on any atom is 0.302 e. The van der Waals surface area contributed by atoms with E-state index >= 15 is 0 Å². The molecule has 7 nitrogen and oxygen atoms in total. The second-order valence-corrected chi connectivity index (χ2v) is 3.01. The SMILES string of the molecule is C.CC(=O)OCCOCCOCCOCCOO. The molecule has 0 amide bonds. The largest absolute Gasteiger partial charge is 0.463 e. The molecule has 7 heteroatoms. The second kappa shape index (κ2) is 16.3. The van der Waals surface area contributed by atoms with E-state index in [0.29, 0.717) is 39.6 Å². The maximum absolute atomic E-state index is 10.4. The Hall–Kier alpha value is -0.730. The molecule has 0 bridgehead atoms. The summed E-state index contributed by atoms with van der Waals surface area (Å²) in [6, 6.07) is 0. The molecule has 0 aliphatic heterocycles. The molecule has 0 saturated carbocycles. The van der Waals surface area contributed by atoms with Crippen LogP contribution in [0, 0.1) is 0 Å². The van der Waals surface area contributed by atoms with Gasteiger partial charge in [-0.3, -0.25) is 10.1 Å². The van der Waals surface area contributed by atoms with Crippen molar-refractivity contribution in [2.75, 3.05) is 52.9 Å². The van der Waals surface area contributed by atoms with Gasteiger partial charge in [0.25, 0.3) is 0 Å². The summed E-state index contributed by atoms with van der Waals surface area (Å²) in [7, 11) is 0. The lowest BCUT2D eigenvalue weighted by Gasteiger charge is -2.06. The standard InChI is InChI=1S/C10H20O7.CH4/c1-10(11)16-8-6-14-4-2-13-3-5-15-7-9-17-12;/h12H,2-9H2,1H3;1H4. The number of carbonyl (C=O) groups excluding carboxylic acids is 1. The summed E-state index contributed by atoms with van der Waals surface area (Å²) in [5.74, 6) is -0.311. The predicted molar refractivity (Wildman–Crippen MR) is 64.4 cm³/mol. The third kappa shape index (κ3) is 17.7. The first kappa shape index (κ1) is 19.6. The lowest BCUT2D eigenvalue weighted by atomic mass is 10.7. The Morgan fingerprint density at radius 2 is 1.22 bits per heavy atom. The first-order chi connectivity index (χ1) is 8.27. The number of ether oxygens (including phenoxy) is 4. The lowest BCUT2D eigenvalue weighted by Crippen LogP contribution is -2.13. The minimum atomic E-state index is -0.311. The third-order valence-corrected chi connectivity index (χ3v) is 1.60. The zero-order valence-electron chi connectivity index (χ0n) is 10.1. The molecule has 0 radical (unpaired) electrons. The molecule has 0 aliphatic rings. The van der Waals surface area contributed by atoms with E-state index in [1.54, 1.807) is 0 Å². The third-order valence-electron chi connectivity index (χ3n) is 1.60. The van der Waals surface area contributed by atoms with E-state index in [2.05, 4.69) is 9.62 Å². The number of hydrogen-bond donors (Lipinski definition) is 1. The Morgan fingerprint density at radius 1 is 0.833 bits per heavy atom. The summed E-state index contributed by atoms with van der Waals surface area (Å²) in [5.41, 5.74) is 0. The van der Waals surface area contributed by atoms with Crippen molar-refractivity contribution in [3.8, 4) is 0 Å². The average Bonchev–Trinajstić information content (AvgIpc) is 2.30. The van der Waals surface area contributed by atoms with Crippen molar-refractivity contribution >= 4 is 5.97 Å². The van der Waals surface area contributed by atoms with Crippen molar-refractivity contribution in [2.45, 2.75) is 14.4 Å². The normalized spacial score (nSPS) is 9.89. The molecule has 0 aromatic rings. The van der Waals surface area contributed by atoms with Crippen LogP contribution in [0.1, 0.15) is 14.4 Å². The molecule has 0 aromatic carbocycles. The summed E-state index contributed by atoms with van der Waals surface area (Å²) >= 11 is 0. The van der Waals surface area contributed by atoms with Gasteiger partial charge >= 0.3 is 5.97 Å². The zero-order chi connectivity index (χ0) is 12.8. The monoisotopic (exact) mass is 268 g/mol. The fourth-order valence-electron chi connectivity index (χ4n) is 0.882. The summed E-state index contributed by atoms with van der Waals surface area (Å²) in [5, 5.41) is 7.98. The van der Waals surface area contributed by atoms with Gasteiger partial charge in [0.15, 0.2) is 0 Å². The number of carbonyl (C=O) groups is 1. The van der Waals surface area contributed by atoms with E-state index in [-0.39, 0.29) is 26.6 Å². The molecule has 0 rings (SSSR count). The van der Waals surface area contributed by atoms with Gasteiger partial charge in [-0.05, 0) is 0 Å². The van der Waals surface area contributed by atoms with Crippen LogP contribution in [0.15, 0.2) is 0 Å². The Labute approximate surface area is 108 Å². The minimum absolute atomic E-state index is 0. The van der Waals surface area contributed by atoms with Crippen LogP contribution in [0.3, 0.4) is 0 Å². The minimum Gasteiger partial charge on any atom is -0.463 e. The van der Waals surface area contributed by atoms with Crippen LogP contribution in [0.2, 0.25) is 0 Å². The second-order valence-electron chi connectivity index (χ2n) is 3.01. The highest BCUT2D eigenvalue weighted by Gasteiger charge is 1.94. The molecule has 1 N–H and O–H groups in total. The van der Waals surface area contributed by atoms with Crippen molar-refractivity contribution in [3.05, 3.63) is 0 Å². The molecule has 0 aromatic heterocycles. The predicted octanol–water partition coefficient (Wildman–Crippen LogP) is 0.725. The average molecular weight is 268 g/mol. The molecule has 0 fully saturated rings. The highest BCUT2D eigenvalue weighted by Crippen LogP contribution is 1.83. The number of rotatable bonds is 12. The molecule has 0 saturated heterocycles. The molecule has 18 heavy (non-hydrogen) atoms. The van der Waals surface area contributed by atoms with E-state index in [0.717, 1.165) is 0 Å². The molecule has 0 spiro atoms. The van der Waals surface area contributed by atoms with Crippen LogP contribution in [0.5, 0.6) is 0 Å². The number of esters is 1. The van der Waals surface area contributed by atoms with Crippen molar-refractivity contribution in [1.82, 2.24) is 0 Å². The van der Waals surface area contributed by atoms with Crippen LogP contribution in [-0.4, -0.2) is 64.1 Å².